The van der Waals surface area contributed by atoms with Crippen LogP contribution in [0.1, 0.15) is 12.0 Å². The number of carbonyl (C=O) groups is 1. The van der Waals surface area contributed by atoms with Gasteiger partial charge in [-0.3, -0.25) is 4.79 Å². The zero-order valence-corrected chi connectivity index (χ0v) is 11.1. The molecule has 1 aliphatic rings. The summed E-state index contributed by atoms with van der Waals surface area (Å²) in [5.74, 6) is 1.54. The number of hydrogen-bond donors (Lipinski definition) is 1. The van der Waals surface area contributed by atoms with Crippen molar-refractivity contribution < 1.29 is 19.4 Å². The second-order valence-electron chi connectivity index (χ2n) is 4.52. The molecule has 1 aromatic rings. The van der Waals surface area contributed by atoms with Crippen LogP contribution in [0.4, 0.5) is 0 Å². The molecule has 0 aromatic heterocycles. The van der Waals surface area contributed by atoms with E-state index in [1.165, 1.54) is 4.90 Å². The van der Waals surface area contributed by atoms with Crippen LogP contribution in [-0.4, -0.2) is 49.3 Å². The van der Waals surface area contributed by atoms with Crippen molar-refractivity contribution in [2.75, 3.05) is 33.4 Å². The Bertz CT molecular complexity index is 447. The molecular formula is C14H19NO4. The Balaban J connectivity index is 1.91. The number of aliphatic hydroxyl groups is 1. The Morgan fingerprint density at radius 1 is 1.32 bits per heavy atom. The molecule has 1 amide bonds. The molecule has 19 heavy (non-hydrogen) atoms. The number of aryl methyl sites for hydroxylation is 1. The van der Waals surface area contributed by atoms with E-state index in [4.69, 9.17) is 14.6 Å². The zero-order chi connectivity index (χ0) is 13.7. The van der Waals surface area contributed by atoms with Crippen LogP contribution in [-0.2, 0) is 11.2 Å². The molecule has 1 aromatic carbocycles. The minimum Gasteiger partial charge on any atom is -0.486 e. The number of fused-ring (bicyclic) bond motifs is 1. The van der Waals surface area contributed by atoms with Gasteiger partial charge >= 0.3 is 0 Å². The maximum atomic E-state index is 11.8. The topological polar surface area (TPSA) is 59.0 Å². The molecule has 0 unspecified atom stereocenters. The largest absolute Gasteiger partial charge is 0.486 e. The van der Waals surface area contributed by atoms with E-state index < -0.39 is 0 Å². The van der Waals surface area contributed by atoms with Gasteiger partial charge in [0.25, 0.3) is 0 Å². The lowest BCUT2D eigenvalue weighted by Gasteiger charge is -2.19. The summed E-state index contributed by atoms with van der Waals surface area (Å²) in [4.78, 5) is 13.3. The van der Waals surface area contributed by atoms with Gasteiger partial charge in [-0.2, -0.15) is 0 Å². The molecule has 104 valence electrons. The van der Waals surface area contributed by atoms with Crippen LogP contribution in [0.15, 0.2) is 18.2 Å². The Labute approximate surface area is 112 Å². The average Bonchev–Trinajstić information content (AvgIpc) is 2.44. The predicted octanol–water partition coefficient (Wildman–Crippen LogP) is 0.841. The molecular weight excluding hydrogens is 246 g/mol. The van der Waals surface area contributed by atoms with Crippen LogP contribution in [0.5, 0.6) is 11.5 Å². The van der Waals surface area contributed by atoms with Crippen molar-refractivity contribution in [1.29, 1.82) is 0 Å². The first-order chi connectivity index (χ1) is 9.20. The van der Waals surface area contributed by atoms with Crippen LogP contribution in [0.3, 0.4) is 0 Å². The van der Waals surface area contributed by atoms with E-state index in [1.807, 2.05) is 18.2 Å². The number of likely N-dealkylation sites (N-methyl/N-ethyl adjacent to an activating group) is 1. The highest BCUT2D eigenvalue weighted by Gasteiger charge is 2.13. The Hall–Kier alpha value is -1.75. The van der Waals surface area contributed by atoms with Crippen LogP contribution < -0.4 is 9.47 Å². The number of nitrogens with zero attached hydrogens (tertiary/aromatic N) is 1. The summed E-state index contributed by atoms with van der Waals surface area (Å²) < 4.78 is 10.9. The zero-order valence-electron chi connectivity index (χ0n) is 11.1. The minimum atomic E-state index is -0.00767. The highest BCUT2D eigenvalue weighted by Crippen LogP contribution is 2.31. The van der Waals surface area contributed by atoms with Crippen LogP contribution >= 0.6 is 0 Å². The number of carbonyl (C=O) groups excluding carboxylic acids is 1. The second-order valence-corrected chi connectivity index (χ2v) is 4.52. The van der Waals surface area contributed by atoms with Gasteiger partial charge in [0.15, 0.2) is 11.5 Å². The molecule has 0 saturated heterocycles. The Morgan fingerprint density at radius 3 is 2.79 bits per heavy atom. The van der Waals surface area contributed by atoms with Crippen molar-refractivity contribution >= 4 is 5.91 Å². The van der Waals surface area contributed by atoms with E-state index in [2.05, 4.69) is 0 Å². The van der Waals surface area contributed by atoms with E-state index in [-0.39, 0.29) is 12.5 Å². The number of rotatable bonds is 5. The molecule has 0 radical (unpaired) electrons. The molecule has 0 bridgehead atoms. The third kappa shape index (κ3) is 3.61. The molecule has 1 heterocycles. The number of amides is 1. The number of hydrogen-bond acceptors (Lipinski definition) is 4. The van der Waals surface area contributed by atoms with Gasteiger partial charge in [0, 0.05) is 20.0 Å². The number of aliphatic hydroxyl groups excluding tert-OH is 1. The van der Waals surface area contributed by atoms with Crippen molar-refractivity contribution in [2.45, 2.75) is 12.8 Å². The first-order valence-corrected chi connectivity index (χ1v) is 6.44. The highest BCUT2D eigenvalue weighted by atomic mass is 16.6. The van der Waals surface area contributed by atoms with Crippen LogP contribution in [0.2, 0.25) is 0 Å². The molecule has 0 fully saturated rings. The van der Waals surface area contributed by atoms with E-state index in [1.54, 1.807) is 7.05 Å². The normalized spacial score (nSPS) is 13.2. The van der Waals surface area contributed by atoms with Crippen molar-refractivity contribution in [3.8, 4) is 11.5 Å². The third-order valence-electron chi connectivity index (χ3n) is 3.10. The summed E-state index contributed by atoms with van der Waals surface area (Å²) in [5.41, 5.74) is 1.05. The van der Waals surface area contributed by atoms with E-state index in [9.17, 15) is 4.79 Å². The fourth-order valence-corrected chi connectivity index (χ4v) is 1.96. The lowest BCUT2D eigenvalue weighted by Crippen LogP contribution is -2.29. The summed E-state index contributed by atoms with van der Waals surface area (Å²) in [5, 5.41) is 8.78. The van der Waals surface area contributed by atoms with E-state index in [0.717, 1.165) is 17.1 Å². The minimum absolute atomic E-state index is 0.00767. The maximum Gasteiger partial charge on any atom is 0.222 e. The Kier molecular flexibility index (Phi) is 4.63. The van der Waals surface area contributed by atoms with Crippen molar-refractivity contribution in [2.24, 2.45) is 0 Å². The van der Waals surface area contributed by atoms with E-state index >= 15 is 0 Å². The molecule has 2 rings (SSSR count). The molecule has 0 saturated carbocycles. The fraction of sp³-hybridized carbons (Fsp3) is 0.500. The quantitative estimate of drug-likeness (QED) is 0.857. The third-order valence-corrected chi connectivity index (χ3v) is 3.10. The molecule has 1 aliphatic heterocycles. The van der Waals surface area contributed by atoms with Gasteiger partial charge < -0.3 is 19.5 Å². The summed E-state index contributed by atoms with van der Waals surface area (Å²) in [6, 6.07) is 5.76. The molecule has 5 heteroatoms. The van der Waals surface area contributed by atoms with Gasteiger partial charge in [0.2, 0.25) is 5.91 Å². The standard InChI is InChI=1S/C14H19NO4/c1-15(6-7-16)14(17)5-3-11-2-4-12-13(10-11)19-9-8-18-12/h2,4,10,16H,3,5-9H2,1H3. The monoisotopic (exact) mass is 265 g/mol. The summed E-state index contributed by atoms with van der Waals surface area (Å²) in [6.07, 6.45) is 1.08. The summed E-state index contributed by atoms with van der Waals surface area (Å²) >= 11 is 0. The lowest BCUT2D eigenvalue weighted by molar-refractivity contribution is -0.130. The van der Waals surface area contributed by atoms with Gasteiger partial charge in [-0.05, 0) is 24.1 Å². The van der Waals surface area contributed by atoms with Crippen LogP contribution in [0.25, 0.3) is 0 Å². The predicted molar refractivity (Wildman–Crippen MR) is 70.5 cm³/mol. The number of benzene rings is 1. The van der Waals surface area contributed by atoms with Crippen molar-refractivity contribution in [3.63, 3.8) is 0 Å². The van der Waals surface area contributed by atoms with Gasteiger partial charge in [-0.25, -0.2) is 0 Å². The summed E-state index contributed by atoms with van der Waals surface area (Å²) in [6.45, 7) is 1.51. The van der Waals surface area contributed by atoms with Gasteiger partial charge in [-0.15, -0.1) is 0 Å². The maximum absolute atomic E-state index is 11.8. The lowest BCUT2D eigenvalue weighted by atomic mass is 10.1. The SMILES string of the molecule is CN(CCO)C(=O)CCc1ccc2c(c1)OCCO2. The van der Waals surface area contributed by atoms with E-state index in [0.29, 0.717) is 32.6 Å². The average molecular weight is 265 g/mol. The van der Waals surface area contributed by atoms with Crippen molar-refractivity contribution in [3.05, 3.63) is 23.8 Å². The Morgan fingerprint density at radius 2 is 2.05 bits per heavy atom. The second kappa shape index (κ2) is 6.43. The van der Waals surface area contributed by atoms with Gasteiger partial charge in [-0.1, -0.05) is 6.07 Å². The molecule has 0 atom stereocenters. The fourth-order valence-electron chi connectivity index (χ4n) is 1.96. The van der Waals surface area contributed by atoms with Gasteiger partial charge in [0.05, 0.1) is 6.61 Å². The summed E-state index contributed by atoms with van der Waals surface area (Å²) in [7, 11) is 1.70. The molecule has 0 spiro atoms. The first-order valence-electron chi connectivity index (χ1n) is 6.44. The smallest absolute Gasteiger partial charge is 0.222 e. The number of ether oxygens (including phenoxy) is 2. The van der Waals surface area contributed by atoms with Crippen LogP contribution in [0, 0.1) is 0 Å². The highest BCUT2D eigenvalue weighted by molar-refractivity contribution is 5.76. The molecule has 0 aliphatic carbocycles. The molecule has 1 N–H and O–H groups in total. The molecule has 5 nitrogen and oxygen atoms in total. The first kappa shape index (κ1) is 13.7. The van der Waals surface area contributed by atoms with Crippen molar-refractivity contribution in [1.82, 2.24) is 4.90 Å². The van der Waals surface area contributed by atoms with Gasteiger partial charge in [0.1, 0.15) is 13.2 Å².